The largest absolute Gasteiger partial charge is 0.459 e. The summed E-state index contributed by atoms with van der Waals surface area (Å²) in [6, 6.07) is 17.2. The first-order chi connectivity index (χ1) is 13.6. The molecule has 1 atom stereocenters. The third-order valence-corrected chi connectivity index (χ3v) is 6.49. The van der Waals surface area contributed by atoms with Crippen molar-refractivity contribution < 1.29 is 9.53 Å². The Hall–Kier alpha value is -2.14. The van der Waals surface area contributed by atoms with Crippen molar-refractivity contribution in [3.8, 4) is 0 Å². The average molecular weight is 412 g/mol. The summed E-state index contributed by atoms with van der Waals surface area (Å²) in [5, 5.41) is 2.71. The molecule has 1 aromatic heterocycles. The molecule has 5 heteroatoms. The average Bonchev–Trinajstić information content (AvgIpc) is 3.17. The molecule has 28 heavy (non-hydrogen) atoms. The van der Waals surface area contributed by atoms with Crippen molar-refractivity contribution >= 4 is 28.9 Å². The van der Waals surface area contributed by atoms with Gasteiger partial charge in [0.25, 0.3) is 0 Å². The first-order valence-corrected chi connectivity index (χ1v) is 10.6. The molecule has 144 valence electrons. The van der Waals surface area contributed by atoms with Crippen molar-refractivity contribution in [2.45, 2.75) is 32.5 Å². The standard InChI is InChI=1S/C23H22ClNO2S/c1-16-6-8-17(9-7-16)15-27-23(26)22(19-4-2-3-5-20(19)24)25-12-10-21-18(14-25)11-13-28-21/h2-9,11,13,22H,10,12,14-15H2,1H3/t22-/m0/s1. The molecule has 2 heterocycles. The molecule has 1 aliphatic rings. The zero-order chi connectivity index (χ0) is 19.5. The lowest BCUT2D eigenvalue weighted by Gasteiger charge is -2.33. The molecule has 1 aliphatic heterocycles. The van der Waals surface area contributed by atoms with Crippen molar-refractivity contribution in [2.24, 2.45) is 0 Å². The van der Waals surface area contributed by atoms with Crippen LogP contribution in [0.4, 0.5) is 0 Å². The summed E-state index contributed by atoms with van der Waals surface area (Å²) >= 11 is 8.25. The van der Waals surface area contributed by atoms with E-state index in [0.717, 1.165) is 30.6 Å². The number of ether oxygens (including phenoxy) is 1. The molecule has 0 unspecified atom stereocenters. The van der Waals surface area contributed by atoms with Crippen LogP contribution in [0.5, 0.6) is 0 Å². The number of thiophene rings is 1. The fourth-order valence-electron chi connectivity index (χ4n) is 3.58. The van der Waals surface area contributed by atoms with Crippen LogP contribution in [-0.4, -0.2) is 17.4 Å². The molecule has 0 N–H and O–H groups in total. The van der Waals surface area contributed by atoms with Crippen LogP contribution in [0.15, 0.2) is 60.0 Å². The molecule has 4 rings (SSSR count). The number of aryl methyl sites for hydroxylation is 1. The highest BCUT2D eigenvalue weighted by Crippen LogP contribution is 2.34. The second kappa shape index (κ2) is 8.48. The van der Waals surface area contributed by atoms with Crippen LogP contribution in [0.1, 0.15) is 33.2 Å². The van der Waals surface area contributed by atoms with E-state index in [1.807, 2.05) is 55.5 Å². The first kappa shape index (κ1) is 19.2. The number of rotatable bonds is 5. The second-order valence-corrected chi connectivity index (χ2v) is 8.51. The third-order valence-electron chi connectivity index (χ3n) is 5.13. The molecule has 0 saturated heterocycles. The summed E-state index contributed by atoms with van der Waals surface area (Å²) in [6.07, 6.45) is 0.944. The highest BCUT2D eigenvalue weighted by Gasteiger charge is 2.33. The van der Waals surface area contributed by atoms with Crippen LogP contribution in [0.3, 0.4) is 0 Å². The predicted molar refractivity (Wildman–Crippen MR) is 114 cm³/mol. The Morgan fingerprint density at radius 3 is 2.75 bits per heavy atom. The Bertz CT molecular complexity index is 967. The number of benzene rings is 2. The maximum absolute atomic E-state index is 13.2. The third kappa shape index (κ3) is 4.14. The van der Waals surface area contributed by atoms with Gasteiger partial charge < -0.3 is 4.74 Å². The molecular formula is C23H22ClNO2S. The monoisotopic (exact) mass is 411 g/mol. The highest BCUT2D eigenvalue weighted by molar-refractivity contribution is 7.10. The quantitative estimate of drug-likeness (QED) is 0.515. The Morgan fingerprint density at radius 1 is 1.18 bits per heavy atom. The van der Waals surface area contributed by atoms with E-state index in [1.165, 1.54) is 16.0 Å². The van der Waals surface area contributed by atoms with Gasteiger partial charge in [-0.05, 0) is 47.5 Å². The number of carbonyl (C=O) groups is 1. The van der Waals surface area contributed by atoms with Crippen LogP contribution < -0.4 is 0 Å². The molecule has 0 aliphatic carbocycles. The van der Waals surface area contributed by atoms with Crippen LogP contribution >= 0.6 is 22.9 Å². The van der Waals surface area contributed by atoms with Crippen LogP contribution in [0, 0.1) is 6.92 Å². The maximum atomic E-state index is 13.2. The number of carbonyl (C=O) groups excluding carboxylic acids is 1. The zero-order valence-corrected chi connectivity index (χ0v) is 17.3. The molecule has 0 radical (unpaired) electrons. The van der Waals surface area contributed by atoms with Gasteiger partial charge in [0.1, 0.15) is 12.6 Å². The normalized spacial score (nSPS) is 15.1. The summed E-state index contributed by atoms with van der Waals surface area (Å²) in [6.45, 7) is 3.84. The van der Waals surface area contributed by atoms with Gasteiger partial charge in [-0.3, -0.25) is 4.90 Å². The van der Waals surface area contributed by atoms with E-state index in [0.29, 0.717) is 5.02 Å². The highest BCUT2D eigenvalue weighted by atomic mass is 35.5. The van der Waals surface area contributed by atoms with E-state index in [9.17, 15) is 4.79 Å². The number of nitrogens with zero attached hydrogens (tertiary/aromatic N) is 1. The van der Waals surface area contributed by atoms with Gasteiger partial charge >= 0.3 is 5.97 Å². The summed E-state index contributed by atoms with van der Waals surface area (Å²) < 4.78 is 5.73. The molecule has 0 saturated carbocycles. The SMILES string of the molecule is Cc1ccc(COC(=O)[C@H](c2ccccc2Cl)N2CCc3sccc3C2)cc1. The summed E-state index contributed by atoms with van der Waals surface area (Å²) in [5.74, 6) is -0.257. The number of hydrogen-bond donors (Lipinski definition) is 0. The minimum atomic E-state index is -0.507. The Kier molecular flexibility index (Phi) is 5.81. The fourth-order valence-corrected chi connectivity index (χ4v) is 4.71. The van der Waals surface area contributed by atoms with Crippen LogP contribution in [0.2, 0.25) is 5.02 Å². The minimum absolute atomic E-state index is 0.257. The van der Waals surface area contributed by atoms with Crippen molar-refractivity contribution in [2.75, 3.05) is 6.54 Å². The molecule has 0 bridgehead atoms. The number of halogens is 1. The smallest absolute Gasteiger partial charge is 0.328 e. The maximum Gasteiger partial charge on any atom is 0.328 e. The van der Waals surface area contributed by atoms with E-state index >= 15 is 0 Å². The summed E-state index contributed by atoms with van der Waals surface area (Å²) in [4.78, 5) is 16.7. The predicted octanol–water partition coefficient (Wildman–Crippen LogP) is 5.55. The topological polar surface area (TPSA) is 29.5 Å². The number of fused-ring (bicyclic) bond motifs is 1. The summed E-state index contributed by atoms with van der Waals surface area (Å²) in [5.41, 5.74) is 4.26. The molecule has 3 nitrogen and oxygen atoms in total. The molecule has 0 spiro atoms. The van der Waals surface area contributed by atoms with Gasteiger partial charge in [-0.1, -0.05) is 59.6 Å². The van der Waals surface area contributed by atoms with Gasteiger partial charge in [-0.2, -0.15) is 0 Å². The van der Waals surface area contributed by atoms with Crippen molar-refractivity contribution in [3.63, 3.8) is 0 Å². The van der Waals surface area contributed by atoms with E-state index < -0.39 is 6.04 Å². The lowest BCUT2D eigenvalue weighted by Crippen LogP contribution is -2.38. The lowest BCUT2D eigenvalue weighted by atomic mass is 10.0. The van der Waals surface area contributed by atoms with Gasteiger partial charge in [0.05, 0.1) is 0 Å². The zero-order valence-electron chi connectivity index (χ0n) is 15.7. The van der Waals surface area contributed by atoms with Crippen molar-refractivity contribution in [3.05, 3.63) is 92.1 Å². The Morgan fingerprint density at radius 2 is 1.96 bits per heavy atom. The Balaban J connectivity index is 1.57. The lowest BCUT2D eigenvalue weighted by molar-refractivity contribution is -0.152. The molecular weight excluding hydrogens is 390 g/mol. The number of esters is 1. The molecule has 2 aromatic carbocycles. The Labute approximate surface area is 174 Å². The van der Waals surface area contributed by atoms with Crippen LogP contribution in [0.25, 0.3) is 0 Å². The first-order valence-electron chi connectivity index (χ1n) is 9.38. The van der Waals surface area contributed by atoms with E-state index in [-0.39, 0.29) is 12.6 Å². The van der Waals surface area contributed by atoms with E-state index in [2.05, 4.69) is 16.3 Å². The van der Waals surface area contributed by atoms with Crippen molar-refractivity contribution in [1.82, 2.24) is 4.90 Å². The molecule has 0 fully saturated rings. The van der Waals surface area contributed by atoms with Crippen LogP contribution in [-0.2, 0) is 29.1 Å². The fraction of sp³-hybridized carbons (Fsp3) is 0.261. The van der Waals surface area contributed by atoms with E-state index in [4.69, 9.17) is 16.3 Å². The molecule has 3 aromatic rings. The van der Waals surface area contributed by atoms with Gasteiger partial charge in [0, 0.05) is 23.0 Å². The van der Waals surface area contributed by atoms with Gasteiger partial charge in [0.15, 0.2) is 0 Å². The van der Waals surface area contributed by atoms with Crippen molar-refractivity contribution in [1.29, 1.82) is 0 Å². The molecule has 0 amide bonds. The van der Waals surface area contributed by atoms with Gasteiger partial charge in [0.2, 0.25) is 0 Å². The van der Waals surface area contributed by atoms with E-state index in [1.54, 1.807) is 11.3 Å². The summed E-state index contributed by atoms with van der Waals surface area (Å²) in [7, 11) is 0. The minimum Gasteiger partial charge on any atom is -0.459 e. The van der Waals surface area contributed by atoms with Gasteiger partial charge in [-0.25, -0.2) is 4.79 Å². The second-order valence-electron chi connectivity index (χ2n) is 7.11. The number of hydrogen-bond acceptors (Lipinski definition) is 4. The van der Waals surface area contributed by atoms with Gasteiger partial charge in [-0.15, -0.1) is 11.3 Å².